The summed E-state index contributed by atoms with van der Waals surface area (Å²) in [5.41, 5.74) is 0. The molecule has 4 nitrogen and oxygen atoms in total. The third-order valence-electron chi connectivity index (χ3n) is 3.20. The normalized spacial score (nSPS) is 33.3. The van der Waals surface area contributed by atoms with Gasteiger partial charge in [-0.15, -0.1) is 0 Å². The van der Waals surface area contributed by atoms with Crippen LogP contribution in [-0.2, 0) is 9.53 Å². The number of likely N-dealkylation sites (tertiary alicyclic amines) is 1. The lowest BCUT2D eigenvalue weighted by Gasteiger charge is -2.20. The second-order valence-electron chi connectivity index (χ2n) is 4.42. The third kappa shape index (κ3) is 2.32. The molecule has 0 aromatic heterocycles. The predicted molar refractivity (Wildman–Crippen MR) is 53.3 cm³/mol. The van der Waals surface area contributed by atoms with E-state index in [-0.39, 0.29) is 18.4 Å². The van der Waals surface area contributed by atoms with Crippen molar-refractivity contribution in [1.82, 2.24) is 10.2 Å². The predicted octanol–water partition coefficient (Wildman–Crippen LogP) is 0.231. The summed E-state index contributed by atoms with van der Waals surface area (Å²) < 4.78 is 31.0. The number of ether oxygens (including phenoxy) is 1. The van der Waals surface area contributed by atoms with Gasteiger partial charge in [0.1, 0.15) is 0 Å². The van der Waals surface area contributed by atoms with E-state index in [1.165, 1.54) is 0 Å². The van der Waals surface area contributed by atoms with E-state index in [1.807, 2.05) is 0 Å². The number of amides is 1. The number of halogens is 2. The van der Waals surface area contributed by atoms with Gasteiger partial charge in [0.2, 0.25) is 5.91 Å². The molecule has 2 atom stereocenters. The van der Waals surface area contributed by atoms with Gasteiger partial charge in [-0.3, -0.25) is 10.1 Å². The highest BCUT2D eigenvalue weighted by Crippen LogP contribution is 2.26. The van der Waals surface area contributed by atoms with Crippen molar-refractivity contribution in [1.29, 1.82) is 0 Å². The number of carbonyl (C=O) groups excluding carboxylic acids is 1. The molecule has 6 heteroatoms. The SMILES string of the molecule is CO[C@@H]1CCN(C(=O)C2CC(F)(F)CN2)C1. The summed E-state index contributed by atoms with van der Waals surface area (Å²) >= 11 is 0. The molecule has 0 bridgehead atoms. The molecule has 0 spiro atoms. The standard InChI is InChI=1S/C10H16F2N2O2/c1-16-7-2-3-14(5-7)9(15)8-4-10(11,12)6-13-8/h7-8,13H,2-6H2,1H3/t7-,8?/m1/s1. The van der Waals surface area contributed by atoms with E-state index in [0.29, 0.717) is 13.1 Å². The highest BCUT2D eigenvalue weighted by Gasteiger charge is 2.44. The molecule has 92 valence electrons. The lowest BCUT2D eigenvalue weighted by atomic mass is 10.2. The Morgan fingerprint density at radius 1 is 1.56 bits per heavy atom. The number of hydrogen-bond donors (Lipinski definition) is 1. The number of methoxy groups -OCH3 is 1. The number of nitrogens with zero attached hydrogens (tertiary/aromatic N) is 1. The van der Waals surface area contributed by atoms with Crippen molar-refractivity contribution in [2.24, 2.45) is 0 Å². The summed E-state index contributed by atoms with van der Waals surface area (Å²) in [6.45, 7) is 0.713. The van der Waals surface area contributed by atoms with Crippen LogP contribution in [0.2, 0.25) is 0 Å². The van der Waals surface area contributed by atoms with Crippen molar-refractivity contribution in [3.8, 4) is 0 Å². The molecule has 2 rings (SSSR count). The molecule has 0 saturated carbocycles. The van der Waals surface area contributed by atoms with Gasteiger partial charge < -0.3 is 9.64 Å². The zero-order valence-electron chi connectivity index (χ0n) is 9.21. The fourth-order valence-electron chi connectivity index (χ4n) is 2.23. The minimum absolute atomic E-state index is 0.0471. The summed E-state index contributed by atoms with van der Waals surface area (Å²) in [5.74, 6) is -2.97. The molecular formula is C10H16F2N2O2. The fourth-order valence-corrected chi connectivity index (χ4v) is 2.23. The number of alkyl halides is 2. The monoisotopic (exact) mass is 234 g/mol. The number of hydrogen-bond acceptors (Lipinski definition) is 3. The van der Waals surface area contributed by atoms with E-state index in [9.17, 15) is 13.6 Å². The molecular weight excluding hydrogens is 218 g/mol. The Labute approximate surface area is 92.9 Å². The molecule has 2 saturated heterocycles. The first kappa shape index (κ1) is 11.7. The van der Waals surface area contributed by atoms with Gasteiger partial charge >= 0.3 is 0 Å². The molecule has 2 aliphatic rings. The molecule has 0 aromatic rings. The highest BCUT2D eigenvalue weighted by atomic mass is 19.3. The molecule has 16 heavy (non-hydrogen) atoms. The smallest absolute Gasteiger partial charge is 0.262 e. The Balaban J connectivity index is 1.89. The number of nitrogens with one attached hydrogen (secondary N) is 1. The Morgan fingerprint density at radius 3 is 2.81 bits per heavy atom. The molecule has 2 aliphatic heterocycles. The minimum atomic E-state index is -2.75. The van der Waals surface area contributed by atoms with Crippen molar-refractivity contribution in [2.45, 2.75) is 30.9 Å². The average molecular weight is 234 g/mol. The van der Waals surface area contributed by atoms with Crippen molar-refractivity contribution >= 4 is 5.91 Å². The van der Waals surface area contributed by atoms with Crippen molar-refractivity contribution in [2.75, 3.05) is 26.7 Å². The van der Waals surface area contributed by atoms with Crippen LogP contribution in [0.1, 0.15) is 12.8 Å². The second kappa shape index (κ2) is 4.25. The van der Waals surface area contributed by atoms with Gasteiger partial charge in [-0.1, -0.05) is 0 Å². The van der Waals surface area contributed by atoms with Crippen LogP contribution in [0.3, 0.4) is 0 Å². The number of carbonyl (C=O) groups is 1. The third-order valence-corrected chi connectivity index (χ3v) is 3.20. The molecule has 0 aliphatic carbocycles. The van der Waals surface area contributed by atoms with Crippen LogP contribution in [-0.4, -0.2) is 55.6 Å². The highest BCUT2D eigenvalue weighted by molar-refractivity contribution is 5.82. The summed E-state index contributed by atoms with van der Waals surface area (Å²) in [7, 11) is 1.60. The molecule has 2 fully saturated rings. The van der Waals surface area contributed by atoms with Gasteiger partial charge in [-0.05, 0) is 6.42 Å². The Kier molecular flexibility index (Phi) is 3.12. The molecule has 1 N–H and O–H groups in total. The summed E-state index contributed by atoms with van der Waals surface area (Å²) in [5, 5.41) is 2.57. The largest absolute Gasteiger partial charge is 0.380 e. The maximum Gasteiger partial charge on any atom is 0.262 e. The van der Waals surface area contributed by atoms with E-state index in [4.69, 9.17) is 4.74 Å². The van der Waals surface area contributed by atoms with Crippen LogP contribution < -0.4 is 5.32 Å². The van der Waals surface area contributed by atoms with Crippen molar-refractivity contribution in [3.63, 3.8) is 0 Å². The summed E-state index contributed by atoms with van der Waals surface area (Å²) in [6.07, 6.45) is 0.441. The van der Waals surface area contributed by atoms with E-state index < -0.39 is 18.5 Å². The minimum Gasteiger partial charge on any atom is -0.380 e. The van der Waals surface area contributed by atoms with Crippen LogP contribution in [0, 0.1) is 0 Å². The Morgan fingerprint density at radius 2 is 2.31 bits per heavy atom. The Hall–Kier alpha value is -0.750. The first-order valence-electron chi connectivity index (χ1n) is 5.44. The van der Waals surface area contributed by atoms with Gasteiger partial charge in [-0.25, -0.2) is 8.78 Å². The van der Waals surface area contributed by atoms with Gasteiger partial charge in [0.05, 0.1) is 18.7 Å². The van der Waals surface area contributed by atoms with E-state index in [0.717, 1.165) is 6.42 Å². The van der Waals surface area contributed by atoms with Crippen molar-refractivity contribution in [3.05, 3.63) is 0 Å². The van der Waals surface area contributed by atoms with Gasteiger partial charge in [0.25, 0.3) is 5.92 Å². The Bertz CT molecular complexity index is 286. The maximum atomic E-state index is 12.9. The fraction of sp³-hybridized carbons (Fsp3) is 0.900. The zero-order valence-corrected chi connectivity index (χ0v) is 9.21. The van der Waals surface area contributed by atoms with Crippen LogP contribution in [0.15, 0.2) is 0 Å². The van der Waals surface area contributed by atoms with Crippen LogP contribution >= 0.6 is 0 Å². The van der Waals surface area contributed by atoms with E-state index in [1.54, 1.807) is 12.0 Å². The van der Waals surface area contributed by atoms with Gasteiger partial charge in [0, 0.05) is 26.6 Å². The second-order valence-corrected chi connectivity index (χ2v) is 4.42. The van der Waals surface area contributed by atoms with Crippen LogP contribution in [0.25, 0.3) is 0 Å². The lowest BCUT2D eigenvalue weighted by molar-refractivity contribution is -0.133. The number of rotatable bonds is 2. The molecule has 1 amide bonds. The maximum absolute atomic E-state index is 12.9. The summed E-state index contributed by atoms with van der Waals surface area (Å²) in [6, 6.07) is -0.731. The van der Waals surface area contributed by atoms with Gasteiger partial charge in [0.15, 0.2) is 0 Å². The van der Waals surface area contributed by atoms with Crippen molar-refractivity contribution < 1.29 is 18.3 Å². The van der Waals surface area contributed by atoms with E-state index in [2.05, 4.69) is 5.32 Å². The zero-order chi connectivity index (χ0) is 11.8. The first-order valence-corrected chi connectivity index (χ1v) is 5.44. The summed E-state index contributed by atoms with van der Waals surface area (Å²) in [4.78, 5) is 13.5. The average Bonchev–Trinajstić information content (AvgIpc) is 2.83. The quantitative estimate of drug-likeness (QED) is 0.743. The molecule has 0 radical (unpaired) electrons. The molecule has 2 heterocycles. The first-order chi connectivity index (χ1) is 7.52. The van der Waals surface area contributed by atoms with Crippen LogP contribution in [0.5, 0.6) is 0 Å². The molecule has 1 unspecified atom stereocenters. The van der Waals surface area contributed by atoms with Gasteiger partial charge in [-0.2, -0.15) is 0 Å². The van der Waals surface area contributed by atoms with E-state index >= 15 is 0 Å². The topological polar surface area (TPSA) is 41.6 Å². The molecule has 0 aromatic carbocycles. The lowest BCUT2D eigenvalue weighted by Crippen LogP contribution is -2.42. The van der Waals surface area contributed by atoms with Crippen LogP contribution in [0.4, 0.5) is 8.78 Å².